The summed E-state index contributed by atoms with van der Waals surface area (Å²) < 4.78 is 6.78. The fraction of sp³-hybridized carbons (Fsp3) is 0.250. The second kappa shape index (κ2) is 7.20. The van der Waals surface area contributed by atoms with Crippen molar-refractivity contribution in [3.8, 4) is 28.6 Å². The zero-order valence-corrected chi connectivity index (χ0v) is 16.4. The molecule has 0 saturated carbocycles. The van der Waals surface area contributed by atoms with Gasteiger partial charge in [-0.25, -0.2) is 0 Å². The number of nitrogens with zero attached hydrogens (tertiary/aromatic N) is 3. The number of benzene rings is 2. The molecule has 144 valence electrons. The lowest BCUT2D eigenvalue weighted by Crippen LogP contribution is -2.18. The van der Waals surface area contributed by atoms with Crippen LogP contribution in [-0.2, 0) is 12.8 Å². The number of amides is 1. The van der Waals surface area contributed by atoms with Gasteiger partial charge in [0.15, 0.2) is 5.82 Å². The van der Waals surface area contributed by atoms with Crippen LogP contribution in [0.25, 0.3) is 17.1 Å². The number of carbonyl (C=O) groups is 1. The molecule has 0 spiro atoms. The van der Waals surface area contributed by atoms with Gasteiger partial charge in [0.05, 0.1) is 12.7 Å². The highest BCUT2D eigenvalue weighted by atomic mass is 32.2. The van der Waals surface area contributed by atoms with E-state index in [1.165, 1.54) is 0 Å². The third-order valence-electron chi connectivity index (χ3n) is 4.86. The maximum absolute atomic E-state index is 12.0. The molecule has 28 heavy (non-hydrogen) atoms. The molecule has 0 atom stereocenters. The second-order valence-corrected chi connectivity index (χ2v) is 7.54. The van der Waals surface area contributed by atoms with Crippen molar-refractivity contribution in [3.63, 3.8) is 0 Å². The molecule has 0 aliphatic carbocycles. The van der Waals surface area contributed by atoms with Crippen LogP contribution in [0.4, 0.5) is 0 Å². The van der Waals surface area contributed by atoms with Crippen molar-refractivity contribution < 1.29 is 14.6 Å². The number of primary amides is 1. The maximum Gasteiger partial charge on any atom is 0.287 e. The molecule has 2 heterocycles. The van der Waals surface area contributed by atoms with Gasteiger partial charge >= 0.3 is 0 Å². The quantitative estimate of drug-likeness (QED) is 0.687. The second-order valence-electron chi connectivity index (χ2n) is 6.44. The van der Waals surface area contributed by atoms with Gasteiger partial charge in [-0.1, -0.05) is 6.92 Å². The van der Waals surface area contributed by atoms with Gasteiger partial charge in [0, 0.05) is 21.9 Å². The Morgan fingerprint density at radius 2 is 2.07 bits per heavy atom. The molecule has 3 aromatic rings. The van der Waals surface area contributed by atoms with Gasteiger partial charge in [0.2, 0.25) is 5.82 Å². The number of aromatic nitrogens is 3. The van der Waals surface area contributed by atoms with Crippen LogP contribution in [-0.4, -0.2) is 38.6 Å². The van der Waals surface area contributed by atoms with Crippen molar-refractivity contribution in [2.24, 2.45) is 5.73 Å². The van der Waals surface area contributed by atoms with E-state index < -0.39 is 5.91 Å². The molecule has 2 aromatic carbocycles. The molecular formula is C20H20N4O3S. The van der Waals surface area contributed by atoms with E-state index >= 15 is 0 Å². The Morgan fingerprint density at radius 1 is 1.32 bits per heavy atom. The lowest BCUT2D eigenvalue weighted by Gasteiger charge is -2.15. The van der Waals surface area contributed by atoms with Gasteiger partial charge in [0.1, 0.15) is 11.5 Å². The first kappa shape index (κ1) is 18.4. The van der Waals surface area contributed by atoms with Crippen molar-refractivity contribution in [3.05, 3.63) is 47.3 Å². The molecule has 0 fully saturated rings. The van der Waals surface area contributed by atoms with E-state index in [4.69, 9.17) is 10.5 Å². The highest BCUT2D eigenvalue weighted by Crippen LogP contribution is 2.45. The molecule has 0 unspecified atom stereocenters. The Balaban J connectivity index is 1.95. The number of nitrogens with two attached hydrogens (primary N) is 1. The number of phenolic OH excluding ortho intramolecular Hbond substituents is 1. The fourth-order valence-corrected chi connectivity index (χ4v) is 4.74. The lowest BCUT2D eigenvalue weighted by atomic mass is 10.00. The third kappa shape index (κ3) is 2.90. The number of methoxy groups -OCH3 is 1. The zero-order valence-electron chi connectivity index (χ0n) is 15.6. The largest absolute Gasteiger partial charge is 0.507 e. The Bertz CT molecular complexity index is 1060. The number of rotatable bonds is 5. The third-order valence-corrected chi connectivity index (χ3v) is 6.07. The first-order valence-corrected chi connectivity index (χ1v) is 9.94. The summed E-state index contributed by atoms with van der Waals surface area (Å²) in [5.41, 5.74) is 8.82. The van der Waals surface area contributed by atoms with Crippen molar-refractivity contribution in [2.45, 2.75) is 24.7 Å². The summed E-state index contributed by atoms with van der Waals surface area (Å²) in [5.74, 6) is 1.51. The number of ether oxygens (including phenoxy) is 1. The molecule has 8 heteroatoms. The molecule has 4 rings (SSSR count). The Labute approximate surface area is 166 Å². The number of thioether (sulfide) groups is 1. The van der Waals surface area contributed by atoms with E-state index in [9.17, 15) is 9.90 Å². The average Bonchev–Trinajstić information content (AvgIpc) is 3.36. The van der Waals surface area contributed by atoms with Crippen molar-refractivity contribution in [2.75, 3.05) is 12.9 Å². The minimum absolute atomic E-state index is 0.00693. The smallest absolute Gasteiger partial charge is 0.287 e. The van der Waals surface area contributed by atoms with E-state index in [1.54, 1.807) is 47.7 Å². The highest BCUT2D eigenvalue weighted by molar-refractivity contribution is 7.99. The Morgan fingerprint density at radius 3 is 2.71 bits per heavy atom. The van der Waals surface area contributed by atoms with Crippen molar-refractivity contribution in [1.82, 2.24) is 14.8 Å². The number of aryl methyl sites for hydroxylation is 1. The number of hydrogen-bond acceptors (Lipinski definition) is 6. The summed E-state index contributed by atoms with van der Waals surface area (Å²) >= 11 is 1.76. The van der Waals surface area contributed by atoms with Crippen LogP contribution in [0.1, 0.15) is 28.7 Å². The Kier molecular flexibility index (Phi) is 4.72. The van der Waals surface area contributed by atoms with Crippen LogP contribution in [0.15, 0.2) is 35.2 Å². The number of carbonyl (C=O) groups excluding carboxylic acids is 1. The minimum atomic E-state index is -0.693. The monoisotopic (exact) mass is 396 g/mol. The average molecular weight is 396 g/mol. The van der Waals surface area contributed by atoms with Crippen molar-refractivity contribution >= 4 is 17.7 Å². The summed E-state index contributed by atoms with van der Waals surface area (Å²) in [6.45, 7) is 2.08. The molecule has 7 nitrogen and oxygen atoms in total. The van der Waals surface area contributed by atoms with Gasteiger partial charge in [0.25, 0.3) is 5.91 Å². The molecule has 1 aliphatic heterocycles. The van der Waals surface area contributed by atoms with E-state index in [0.717, 1.165) is 34.6 Å². The molecule has 0 bridgehead atoms. The first-order chi connectivity index (χ1) is 13.5. The number of fused-ring (bicyclic) bond motifs is 1. The Hall–Kier alpha value is -3.00. The number of aromatic hydroxyl groups is 1. The van der Waals surface area contributed by atoms with Gasteiger partial charge in [-0.2, -0.15) is 0 Å². The highest BCUT2D eigenvalue weighted by Gasteiger charge is 2.27. The van der Waals surface area contributed by atoms with Gasteiger partial charge in [-0.05, 0) is 48.7 Å². The van der Waals surface area contributed by atoms with Crippen LogP contribution < -0.4 is 10.5 Å². The molecular weight excluding hydrogens is 376 g/mol. The normalized spacial score (nSPS) is 12.8. The van der Waals surface area contributed by atoms with Gasteiger partial charge < -0.3 is 15.6 Å². The standard InChI is InChI=1S/C20H20N4O3S/c1-3-11-10-15(16(25)14-8-9-28-17(11)14)19-22-23-20(18(21)26)24(19)12-4-6-13(27-2)7-5-12/h4-7,10,25H,3,8-9H2,1-2H3,(H2,21,26). The predicted octanol–water partition coefficient (Wildman–Crippen LogP) is 2.96. The van der Waals surface area contributed by atoms with Crippen molar-refractivity contribution in [1.29, 1.82) is 0 Å². The topological polar surface area (TPSA) is 103 Å². The molecule has 1 aliphatic rings. The summed E-state index contributed by atoms with van der Waals surface area (Å²) in [5, 5.41) is 19.1. The van der Waals surface area contributed by atoms with Crippen LogP contribution in [0, 0.1) is 0 Å². The van der Waals surface area contributed by atoms with Crippen LogP contribution in [0.2, 0.25) is 0 Å². The molecule has 1 amide bonds. The fourth-order valence-electron chi connectivity index (χ4n) is 3.47. The molecule has 0 saturated heterocycles. The van der Waals surface area contributed by atoms with Crippen LogP contribution >= 0.6 is 11.8 Å². The van der Waals surface area contributed by atoms with E-state index in [2.05, 4.69) is 17.1 Å². The molecule has 0 radical (unpaired) electrons. The number of hydrogen-bond donors (Lipinski definition) is 2. The zero-order chi connectivity index (χ0) is 19.8. The maximum atomic E-state index is 12.0. The predicted molar refractivity (Wildman–Crippen MR) is 107 cm³/mol. The molecule has 1 aromatic heterocycles. The lowest BCUT2D eigenvalue weighted by molar-refractivity contribution is 0.0988. The van der Waals surface area contributed by atoms with Gasteiger partial charge in [-0.15, -0.1) is 22.0 Å². The molecule has 3 N–H and O–H groups in total. The van der Waals surface area contributed by atoms with Crippen LogP contribution in [0.5, 0.6) is 11.5 Å². The van der Waals surface area contributed by atoms with E-state index in [0.29, 0.717) is 22.8 Å². The minimum Gasteiger partial charge on any atom is -0.507 e. The summed E-state index contributed by atoms with van der Waals surface area (Å²) in [4.78, 5) is 13.1. The van der Waals surface area contributed by atoms with Gasteiger partial charge in [-0.3, -0.25) is 9.36 Å². The summed E-state index contributed by atoms with van der Waals surface area (Å²) in [7, 11) is 1.58. The van der Waals surface area contributed by atoms with Crippen LogP contribution in [0.3, 0.4) is 0 Å². The summed E-state index contributed by atoms with van der Waals surface area (Å²) in [6, 6.07) is 9.07. The first-order valence-electron chi connectivity index (χ1n) is 8.95. The number of phenols is 1. The SMILES string of the molecule is CCc1cc(-c2nnc(C(N)=O)n2-c2ccc(OC)cc2)c(O)c2c1SCC2. The summed E-state index contributed by atoms with van der Waals surface area (Å²) in [6.07, 6.45) is 1.63. The van der Waals surface area contributed by atoms with E-state index in [1.807, 2.05) is 6.07 Å². The van der Waals surface area contributed by atoms with E-state index in [-0.39, 0.29) is 11.6 Å².